The maximum atomic E-state index is 11.9. The van der Waals surface area contributed by atoms with Crippen LogP contribution in [-0.4, -0.2) is 35.4 Å². The van der Waals surface area contributed by atoms with Crippen LogP contribution in [0.1, 0.15) is 26.7 Å². The van der Waals surface area contributed by atoms with Crippen molar-refractivity contribution in [2.45, 2.75) is 26.7 Å². The van der Waals surface area contributed by atoms with E-state index in [2.05, 4.69) is 13.8 Å². The van der Waals surface area contributed by atoms with Crippen LogP contribution in [0.15, 0.2) is 22.8 Å². The molecule has 2 atom stereocenters. The molecule has 0 aromatic heterocycles. The standard InChI is InChI=1S/C15H20O5/c1-8(2)11-4-3-9-7-20-15(19)13(9)12(11)5-10(6-16)14(17)18/h5,8,11-12,16H,3-4,6-7H2,1-2H3,(H,17,18)/b10-5+. The number of ether oxygens (including phenoxy) is 1. The third-order valence-corrected chi connectivity index (χ3v) is 4.23. The molecule has 2 unspecified atom stereocenters. The summed E-state index contributed by atoms with van der Waals surface area (Å²) in [6.07, 6.45) is 3.27. The average molecular weight is 280 g/mol. The van der Waals surface area contributed by atoms with Crippen LogP contribution in [-0.2, 0) is 14.3 Å². The SMILES string of the molecule is CC(C)C1CCC2=C(C(=O)OC2)C1/C=C(\CO)C(=O)O. The molecule has 0 aromatic carbocycles. The van der Waals surface area contributed by atoms with Crippen LogP contribution in [0.25, 0.3) is 0 Å². The lowest BCUT2D eigenvalue weighted by Crippen LogP contribution is -2.28. The predicted molar refractivity (Wildman–Crippen MR) is 71.8 cm³/mol. The van der Waals surface area contributed by atoms with E-state index in [1.54, 1.807) is 0 Å². The van der Waals surface area contributed by atoms with Crippen LogP contribution in [0.4, 0.5) is 0 Å². The Hall–Kier alpha value is -1.62. The largest absolute Gasteiger partial charge is 0.478 e. The topological polar surface area (TPSA) is 83.8 Å². The van der Waals surface area contributed by atoms with Crippen molar-refractivity contribution in [2.24, 2.45) is 17.8 Å². The summed E-state index contributed by atoms with van der Waals surface area (Å²) < 4.78 is 5.08. The Morgan fingerprint density at radius 1 is 1.50 bits per heavy atom. The molecule has 0 radical (unpaired) electrons. The van der Waals surface area contributed by atoms with E-state index in [1.165, 1.54) is 6.08 Å². The fraction of sp³-hybridized carbons (Fsp3) is 0.600. The fourth-order valence-corrected chi connectivity index (χ4v) is 3.13. The maximum absolute atomic E-state index is 11.9. The number of carbonyl (C=O) groups excluding carboxylic acids is 1. The number of aliphatic hydroxyl groups is 1. The Balaban J connectivity index is 2.43. The molecule has 2 rings (SSSR count). The second-order valence-electron chi connectivity index (χ2n) is 5.72. The van der Waals surface area contributed by atoms with Gasteiger partial charge in [0.2, 0.25) is 0 Å². The van der Waals surface area contributed by atoms with Crippen LogP contribution in [0, 0.1) is 17.8 Å². The smallest absolute Gasteiger partial charge is 0.335 e. The molecule has 2 aliphatic rings. The molecule has 0 saturated carbocycles. The number of allylic oxidation sites excluding steroid dienone is 1. The number of esters is 1. The highest BCUT2D eigenvalue weighted by Gasteiger charge is 2.39. The minimum absolute atomic E-state index is 0.0610. The number of hydrogen-bond donors (Lipinski definition) is 2. The van der Waals surface area contributed by atoms with Gasteiger partial charge in [0.1, 0.15) is 6.61 Å². The Morgan fingerprint density at radius 3 is 2.75 bits per heavy atom. The van der Waals surface area contributed by atoms with Gasteiger partial charge in [-0.2, -0.15) is 0 Å². The predicted octanol–water partition coefficient (Wildman–Crippen LogP) is 1.53. The molecule has 5 nitrogen and oxygen atoms in total. The van der Waals surface area contributed by atoms with E-state index in [1.807, 2.05) is 0 Å². The monoisotopic (exact) mass is 280 g/mol. The number of hydrogen-bond acceptors (Lipinski definition) is 4. The molecule has 0 saturated heterocycles. The van der Waals surface area contributed by atoms with Gasteiger partial charge in [-0.1, -0.05) is 19.9 Å². The first-order valence-electron chi connectivity index (χ1n) is 6.89. The molecule has 0 fully saturated rings. The first kappa shape index (κ1) is 14.8. The number of aliphatic carboxylic acids is 1. The third kappa shape index (κ3) is 2.63. The van der Waals surface area contributed by atoms with E-state index in [0.29, 0.717) is 18.1 Å². The van der Waals surface area contributed by atoms with Crippen LogP contribution >= 0.6 is 0 Å². The van der Waals surface area contributed by atoms with Crippen LogP contribution in [0.2, 0.25) is 0 Å². The number of carboxylic acids is 1. The molecule has 1 heterocycles. The Bertz CT molecular complexity index is 486. The van der Waals surface area contributed by atoms with Crippen LogP contribution in [0.5, 0.6) is 0 Å². The van der Waals surface area contributed by atoms with Crippen molar-refractivity contribution in [3.63, 3.8) is 0 Å². The molecule has 0 spiro atoms. The maximum Gasteiger partial charge on any atom is 0.335 e. The van der Waals surface area contributed by atoms with Gasteiger partial charge >= 0.3 is 11.9 Å². The molecule has 1 aliphatic carbocycles. The van der Waals surface area contributed by atoms with Gasteiger partial charge in [0.25, 0.3) is 0 Å². The van der Waals surface area contributed by atoms with Gasteiger partial charge in [0, 0.05) is 11.5 Å². The van der Waals surface area contributed by atoms with Crippen LogP contribution in [0.3, 0.4) is 0 Å². The molecule has 0 bridgehead atoms. The van der Waals surface area contributed by atoms with Crippen molar-refractivity contribution < 1.29 is 24.5 Å². The zero-order valence-electron chi connectivity index (χ0n) is 11.8. The number of cyclic esters (lactones) is 1. The summed E-state index contributed by atoms with van der Waals surface area (Å²) >= 11 is 0. The number of rotatable bonds is 4. The van der Waals surface area contributed by atoms with Gasteiger partial charge in [-0.25, -0.2) is 9.59 Å². The molecular weight excluding hydrogens is 260 g/mol. The molecule has 20 heavy (non-hydrogen) atoms. The summed E-state index contributed by atoms with van der Waals surface area (Å²) in [5.41, 5.74) is 1.53. The van der Waals surface area contributed by atoms with Crippen molar-refractivity contribution in [3.05, 3.63) is 22.8 Å². The molecule has 110 valence electrons. The van der Waals surface area contributed by atoms with Crippen molar-refractivity contribution in [2.75, 3.05) is 13.2 Å². The zero-order valence-corrected chi connectivity index (χ0v) is 11.8. The summed E-state index contributed by atoms with van der Waals surface area (Å²) in [5, 5.41) is 18.3. The fourth-order valence-electron chi connectivity index (χ4n) is 3.13. The molecule has 5 heteroatoms. The second kappa shape index (κ2) is 5.79. The summed E-state index contributed by atoms with van der Waals surface area (Å²) in [5.74, 6) is -1.23. The second-order valence-corrected chi connectivity index (χ2v) is 5.72. The number of carboxylic acid groups (broad SMARTS) is 1. The molecular formula is C15H20O5. The van der Waals surface area contributed by atoms with Gasteiger partial charge < -0.3 is 14.9 Å². The summed E-state index contributed by atoms with van der Waals surface area (Å²) in [4.78, 5) is 23.0. The lowest BCUT2D eigenvalue weighted by atomic mass is 9.70. The molecule has 1 aliphatic heterocycles. The van der Waals surface area contributed by atoms with Gasteiger partial charge in [0.15, 0.2) is 0 Å². The van der Waals surface area contributed by atoms with Crippen molar-refractivity contribution in [1.82, 2.24) is 0 Å². The average Bonchev–Trinajstić information content (AvgIpc) is 2.77. The first-order chi connectivity index (χ1) is 9.45. The van der Waals surface area contributed by atoms with Gasteiger partial charge in [0.05, 0.1) is 12.2 Å². The van der Waals surface area contributed by atoms with E-state index >= 15 is 0 Å². The Morgan fingerprint density at radius 2 is 2.20 bits per heavy atom. The van der Waals surface area contributed by atoms with Gasteiger partial charge in [-0.05, 0) is 30.3 Å². The van der Waals surface area contributed by atoms with Crippen LogP contribution < -0.4 is 0 Å². The van der Waals surface area contributed by atoms with E-state index in [9.17, 15) is 14.7 Å². The molecule has 2 N–H and O–H groups in total. The van der Waals surface area contributed by atoms with E-state index < -0.39 is 12.6 Å². The van der Waals surface area contributed by atoms with E-state index in [0.717, 1.165) is 18.4 Å². The lowest BCUT2D eigenvalue weighted by Gasteiger charge is -2.32. The van der Waals surface area contributed by atoms with Gasteiger partial charge in [-0.3, -0.25) is 0 Å². The van der Waals surface area contributed by atoms with Crippen molar-refractivity contribution >= 4 is 11.9 Å². The minimum atomic E-state index is -1.14. The Kier molecular flexibility index (Phi) is 4.28. The Labute approximate surface area is 117 Å². The normalized spacial score (nSPS) is 26.8. The molecule has 0 aromatic rings. The first-order valence-corrected chi connectivity index (χ1v) is 6.89. The minimum Gasteiger partial charge on any atom is -0.478 e. The summed E-state index contributed by atoms with van der Waals surface area (Å²) in [6.45, 7) is 3.92. The zero-order chi connectivity index (χ0) is 14.9. The highest BCUT2D eigenvalue weighted by atomic mass is 16.5. The van der Waals surface area contributed by atoms with Crippen molar-refractivity contribution in [3.8, 4) is 0 Å². The van der Waals surface area contributed by atoms with E-state index in [4.69, 9.17) is 9.84 Å². The van der Waals surface area contributed by atoms with Gasteiger partial charge in [-0.15, -0.1) is 0 Å². The highest BCUT2D eigenvalue weighted by Crippen LogP contribution is 2.43. The summed E-state index contributed by atoms with van der Waals surface area (Å²) in [6, 6.07) is 0. The van der Waals surface area contributed by atoms with E-state index in [-0.39, 0.29) is 23.4 Å². The number of carbonyl (C=O) groups is 2. The third-order valence-electron chi connectivity index (χ3n) is 4.23. The quantitative estimate of drug-likeness (QED) is 0.602. The summed E-state index contributed by atoms with van der Waals surface area (Å²) in [7, 11) is 0. The lowest BCUT2D eigenvalue weighted by molar-refractivity contribution is -0.137. The highest BCUT2D eigenvalue weighted by molar-refractivity contribution is 5.94. The molecule has 0 amide bonds. The van der Waals surface area contributed by atoms with Crippen molar-refractivity contribution in [1.29, 1.82) is 0 Å². The number of aliphatic hydroxyl groups excluding tert-OH is 1.